The lowest BCUT2D eigenvalue weighted by Gasteiger charge is -2.49. The van der Waals surface area contributed by atoms with Gasteiger partial charge >= 0.3 is 11.9 Å². The number of hydrogen-bond acceptors (Lipinski definition) is 8. The van der Waals surface area contributed by atoms with Crippen LogP contribution in [0.1, 0.15) is 40.1 Å². The van der Waals surface area contributed by atoms with Gasteiger partial charge in [-0.05, 0) is 30.2 Å². The second kappa shape index (κ2) is 11.6. The van der Waals surface area contributed by atoms with E-state index in [9.17, 15) is 27.6 Å². The van der Waals surface area contributed by atoms with Gasteiger partial charge in [0.25, 0.3) is 11.8 Å². The predicted molar refractivity (Wildman–Crippen MR) is 151 cm³/mol. The van der Waals surface area contributed by atoms with Gasteiger partial charge < -0.3 is 14.8 Å². The van der Waals surface area contributed by atoms with Gasteiger partial charge in [0.05, 0.1) is 5.75 Å². The molecule has 0 aromatic heterocycles. The molecule has 0 saturated carbocycles. The molecular weight excluding hydrogens is 560 g/mol. The molecule has 2 aliphatic heterocycles. The number of rotatable bonds is 8. The lowest BCUT2D eigenvalue weighted by atomic mass is 10.0. The van der Waals surface area contributed by atoms with E-state index in [1.54, 1.807) is 72.8 Å². The summed E-state index contributed by atoms with van der Waals surface area (Å²) in [6.45, 7) is 2.46. The summed E-state index contributed by atoms with van der Waals surface area (Å²) >= 11 is 0. The number of hydrogen-bond donors (Lipinski definition) is 1. The van der Waals surface area contributed by atoms with Gasteiger partial charge in [-0.3, -0.25) is 19.3 Å². The van der Waals surface area contributed by atoms with Crippen LogP contribution >= 0.6 is 0 Å². The number of β-lactam (4-membered cyclic amide) rings is 1. The number of ether oxygens (including phenoxy) is 2. The van der Waals surface area contributed by atoms with Crippen LogP contribution in [0.4, 0.5) is 0 Å². The molecule has 2 atom stereocenters. The Kier molecular flexibility index (Phi) is 7.95. The molecule has 0 unspecified atom stereocenters. The number of aryl methyl sites for hydroxylation is 1. The number of esters is 2. The quantitative estimate of drug-likeness (QED) is 0.314. The van der Waals surface area contributed by atoms with E-state index in [4.69, 9.17) is 9.47 Å². The Morgan fingerprint density at radius 2 is 1.50 bits per heavy atom. The molecule has 0 spiro atoms. The first-order valence-corrected chi connectivity index (χ1v) is 14.9. The minimum atomic E-state index is -4.10. The summed E-state index contributed by atoms with van der Waals surface area (Å²) in [6.07, 6.45) is -0.882. The molecule has 0 aliphatic carbocycles. The molecule has 2 amide bonds. The van der Waals surface area contributed by atoms with Crippen molar-refractivity contribution >= 4 is 33.6 Å². The molecule has 42 heavy (non-hydrogen) atoms. The normalized spacial score (nSPS) is 19.0. The van der Waals surface area contributed by atoms with Crippen molar-refractivity contribution in [1.29, 1.82) is 0 Å². The Morgan fingerprint density at radius 1 is 0.929 bits per heavy atom. The van der Waals surface area contributed by atoms with E-state index in [0.29, 0.717) is 11.1 Å². The van der Waals surface area contributed by atoms with Crippen molar-refractivity contribution in [3.8, 4) is 0 Å². The summed E-state index contributed by atoms with van der Waals surface area (Å²) < 4.78 is 37.8. The monoisotopic (exact) mass is 588 g/mol. The first kappa shape index (κ1) is 28.7. The van der Waals surface area contributed by atoms with Gasteiger partial charge in [0, 0.05) is 18.1 Å². The van der Waals surface area contributed by atoms with E-state index >= 15 is 0 Å². The maximum atomic E-state index is 13.8. The van der Waals surface area contributed by atoms with Gasteiger partial charge in [-0.2, -0.15) is 0 Å². The van der Waals surface area contributed by atoms with E-state index in [1.165, 1.54) is 0 Å². The van der Waals surface area contributed by atoms with Crippen LogP contribution in [0.25, 0.3) is 0 Å². The molecule has 3 aromatic rings. The number of sulfone groups is 1. The highest BCUT2D eigenvalue weighted by molar-refractivity contribution is 7.92. The molecule has 0 bridgehead atoms. The highest BCUT2D eigenvalue weighted by Gasteiger charge is 2.61. The van der Waals surface area contributed by atoms with Gasteiger partial charge in [-0.25, -0.2) is 13.2 Å². The lowest BCUT2D eigenvalue weighted by molar-refractivity contribution is -0.154. The third-order valence-electron chi connectivity index (χ3n) is 7.04. The number of nitrogens with zero attached hydrogens (tertiary/aromatic N) is 1. The second-order valence-corrected chi connectivity index (χ2v) is 12.2. The van der Waals surface area contributed by atoms with Gasteiger partial charge in [-0.1, -0.05) is 78.4 Å². The van der Waals surface area contributed by atoms with E-state index in [1.807, 2.05) is 19.1 Å². The van der Waals surface area contributed by atoms with Crippen molar-refractivity contribution in [3.05, 3.63) is 118 Å². The van der Waals surface area contributed by atoms with Gasteiger partial charge in [0.1, 0.15) is 18.3 Å². The van der Waals surface area contributed by atoms with Gasteiger partial charge in [0.2, 0.25) is 0 Å². The van der Waals surface area contributed by atoms with Crippen LogP contribution in [0.15, 0.2) is 96.2 Å². The number of carbonyl (C=O) groups is 4. The zero-order chi connectivity index (χ0) is 30.0. The van der Waals surface area contributed by atoms with E-state index in [2.05, 4.69) is 5.32 Å². The van der Waals surface area contributed by atoms with E-state index in [0.717, 1.165) is 17.4 Å². The van der Waals surface area contributed by atoms with Crippen molar-refractivity contribution < 1.29 is 37.1 Å². The van der Waals surface area contributed by atoms with Crippen LogP contribution in [0.3, 0.4) is 0 Å². The second-order valence-electron chi connectivity index (χ2n) is 10.1. The van der Waals surface area contributed by atoms with Crippen LogP contribution in [0, 0.1) is 6.92 Å². The number of nitrogens with one attached hydrogen (secondary N) is 1. The lowest BCUT2D eigenvalue weighted by Crippen LogP contribution is -2.75. The standard InChI is InChI=1S/C31H28N2O8S/c1-19-13-15-23(16-14-19)28(35)32-25-29(36)33-26(24(17-40-20(2)34)18-42(38,39)30(25)33)31(37)41-27(21-9-5-3-6-10-21)22-11-7-4-8-12-22/h3-16,25,27,30H,17-18H2,1-2H3,(H,32,35)/t25-,30-/m0/s1. The first-order chi connectivity index (χ1) is 20.1. The highest BCUT2D eigenvalue weighted by atomic mass is 32.2. The minimum Gasteiger partial charge on any atom is -0.461 e. The van der Waals surface area contributed by atoms with Gasteiger partial charge in [-0.15, -0.1) is 0 Å². The Hall–Kier alpha value is -4.77. The van der Waals surface area contributed by atoms with Gasteiger partial charge in [0.15, 0.2) is 21.3 Å². The maximum Gasteiger partial charge on any atom is 0.356 e. The summed E-state index contributed by atoms with van der Waals surface area (Å²) in [6, 6.07) is 23.0. The number of carbonyl (C=O) groups excluding carboxylic acids is 4. The van der Waals surface area contributed by atoms with Crippen molar-refractivity contribution in [2.24, 2.45) is 0 Å². The fourth-order valence-corrected chi connectivity index (χ4v) is 6.99. The Balaban J connectivity index is 1.49. The topological polar surface area (TPSA) is 136 Å². The van der Waals surface area contributed by atoms with Crippen LogP contribution in [-0.4, -0.2) is 60.8 Å². The third-order valence-corrected chi connectivity index (χ3v) is 9.00. The van der Waals surface area contributed by atoms with Crippen molar-refractivity contribution in [2.45, 2.75) is 31.4 Å². The summed E-state index contributed by atoms with van der Waals surface area (Å²) in [7, 11) is -4.10. The average Bonchev–Trinajstić information content (AvgIpc) is 2.98. The summed E-state index contributed by atoms with van der Waals surface area (Å²) in [5, 5.41) is 0.972. The molecule has 1 saturated heterocycles. The molecule has 0 radical (unpaired) electrons. The van der Waals surface area contributed by atoms with Crippen LogP contribution in [0.2, 0.25) is 0 Å². The van der Waals surface area contributed by atoms with Crippen LogP contribution < -0.4 is 5.32 Å². The molecule has 10 nitrogen and oxygen atoms in total. The SMILES string of the molecule is CC(=O)OCC1=C(C(=O)OC(c2ccccc2)c2ccccc2)N2C(=O)[C@H](NC(=O)c3ccc(C)cc3)[C@@H]2S(=O)(=O)C1. The zero-order valence-corrected chi connectivity index (χ0v) is 23.7. The molecule has 3 aromatic carbocycles. The highest BCUT2D eigenvalue weighted by Crippen LogP contribution is 2.39. The first-order valence-electron chi connectivity index (χ1n) is 13.2. The molecule has 1 N–H and O–H groups in total. The largest absolute Gasteiger partial charge is 0.461 e. The fraction of sp³-hybridized carbons (Fsp3) is 0.226. The van der Waals surface area contributed by atoms with Crippen molar-refractivity contribution in [3.63, 3.8) is 0 Å². The predicted octanol–water partition coefficient (Wildman–Crippen LogP) is 2.84. The molecule has 5 rings (SSSR count). The Bertz CT molecular complexity index is 1630. The molecule has 2 aliphatic rings. The summed E-state index contributed by atoms with van der Waals surface area (Å²) in [5.41, 5.74) is 2.06. The van der Waals surface area contributed by atoms with Crippen molar-refractivity contribution in [2.75, 3.05) is 12.4 Å². The molecule has 11 heteroatoms. The number of benzene rings is 3. The Morgan fingerprint density at radius 3 is 2.05 bits per heavy atom. The minimum absolute atomic E-state index is 0.0945. The van der Waals surface area contributed by atoms with Crippen LogP contribution in [0.5, 0.6) is 0 Å². The maximum absolute atomic E-state index is 13.8. The molecular formula is C31H28N2O8S. The Labute approximate surface area is 242 Å². The number of amides is 2. The van der Waals surface area contributed by atoms with E-state index < -0.39 is 63.5 Å². The fourth-order valence-electron chi connectivity index (χ4n) is 4.99. The molecule has 2 heterocycles. The number of fused-ring (bicyclic) bond motifs is 1. The smallest absolute Gasteiger partial charge is 0.356 e. The summed E-state index contributed by atoms with van der Waals surface area (Å²) in [4.78, 5) is 52.6. The van der Waals surface area contributed by atoms with Crippen molar-refractivity contribution in [1.82, 2.24) is 10.2 Å². The third kappa shape index (κ3) is 5.68. The molecule has 216 valence electrons. The molecule has 1 fully saturated rings. The summed E-state index contributed by atoms with van der Waals surface area (Å²) in [5.74, 6) is -3.76. The van der Waals surface area contributed by atoms with E-state index in [-0.39, 0.29) is 16.8 Å². The average molecular weight is 589 g/mol. The van der Waals surface area contributed by atoms with Crippen LogP contribution in [-0.2, 0) is 33.7 Å². The zero-order valence-electron chi connectivity index (χ0n) is 22.9.